The van der Waals surface area contributed by atoms with Gasteiger partial charge in [0, 0.05) is 60.7 Å². The third-order valence-electron chi connectivity index (χ3n) is 12.7. The fraction of sp³-hybridized carbons (Fsp3) is 0.357. The number of aryl methyl sites for hydroxylation is 6. The second-order valence-electron chi connectivity index (χ2n) is 19.4. The highest BCUT2D eigenvalue weighted by Gasteiger charge is 2.38. The third kappa shape index (κ3) is 14.0. The van der Waals surface area contributed by atoms with E-state index in [1.165, 1.54) is 27.7 Å². The number of benzene rings is 2. The average Bonchev–Trinajstić information content (AvgIpc) is 4.04. The Kier molecular flexibility index (Phi) is 19.2. The van der Waals surface area contributed by atoms with Crippen molar-refractivity contribution in [2.45, 2.75) is 103 Å². The molecule has 6 heterocycles. The number of carbonyl (C=O) groups is 2. The van der Waals surface area contributed by atoms with E-state index in [-0.39, 0.29) is 48.1 Å². The largest absolute Gasteiger partial charge is 0.495 e. The monoisotopic (exact) mass is 1130 g/mol. The third-order valence-corrected chi connectivity index (χ3v) is 16.8. The molecule has 0 aliphatic rings. The molecule has 80 heavy (non-hydrogen) atoms. The second-order valence-corrected chi connectivity index (χ2v) is 24.1. The molecule has 8 rings (SSSR count). The Morgan fingerprint density at radius 1 is 0.512 bits per heavy atom. The minimum atomic E-state index is -3.95. The number of ketones is 2. The quantitative estimate of drug-likeness (QED) is 0.0638. The molecule has 8 aromatic rings. The number of Topliss-reactive ketones (excluding diaryl/α,β-unsaturated/α-hetero) is 2. The van der Waals surface area contributed by atoms with Crippen LogP contribution in [0.5, 0.6) is 11.5 Å². The number of rotatable bonds is 22. The molecule has 4 atom stereocenters. The summed E-state index contributed by atoms with van der Waals surface area (Å²) in [6, 6.07) is 14.9. The van der Waals surface area contributed by atoms with Gasteiger partial charge in [0.15, 0.2) is 66.2 Å². The molecule has 0 fully saturated rings. The van der Waals surface area contributed by atoms with E-state index >= 15 is 0 Å². The molecule has 0 unspecified atom stereocenters. The highest BCUT2D eigenvalue weighted by atomic mass is 32.2. The van der Waals surface area contributed by atoms with Crippen LogP contribution in [0.25, 0.3) is 34.2 Å². The van der Waals surface area contributed by atoms with Gasteiger partial charge in [0.05, 0.1) is 36.1 Å². The Labute approximate surface area is 465 Å². The van der Waals surface area contributed by atoms with Crippen molar-refractivity contribution in [3.8, 4) is 45.6 Å². The molecule has 22 nitrogen and oxygen atoms in total. The van der Waals surface area contributed by atoms with E-state index in [0.29, 0.717) is 45.6 Å². The SMILES string of the molecule is COc1cccc(C)c1-n1c(CS(=O)(=O)[C@@H](C)[C@@H](OCC(C)=O)c2ncc(C)cn2)nnc1-c1cncc(C)c1.COc1cccc(C)c1-n1c(CS(=O)(=O)[C@H](C)[C@@H](OCC(C)=O)c2ncc(C)cn2)nnc1-c1cncc(C)c1. The molecule has 0 aliphatic carbocycles. The average molecular weight is 1130 g/mol. The number of nitrogens with zero attached hydrogens (tertiary/aromatic N) is 12. The number of para-hydroxylation sites is 2. The van der Waals surface area contributed by atoms with Gasteiger partial charge in [-0.3, -0.25) is 28.7 Å². The van der Waals surface area contributed by atoms with Gasteiger partial charge >= 0.3 is 0 Å². The van der Waals surface area contributed by atoms with Crippen molar-refractivity contribution in [2.75, 3.05) is 27.4 Å². The van der Waals surface area contributed by atoms with Crippen LogP contribution >= 0.6 is 0 Å². The predicted molar refractivity (Wildman–Crippen MR) is 298 cm³/mol. The van der Waals surface area contributed by atoms with E-state index in [1.54, 1.807) is 85.1 Å². The minimum Gasteiger partial charge on any atom is -0.495 e. The minimum absolute atomic E-state index is 0.177. The maximum absolute atomic E-state index is 13.9. The number of methoxy groups -OCH3 is 2. The second kappa shape index (κ2) is 25.8. The van der Waals surface area contributed by atoms with Crippen LogP contribution in [0.2, 0.25) is 0 Å². The molecule has 0 saturated carbocycles. The predicted octanol–water partition coefficient (Wildman–Crippen LogP) is 7.41. The zero-order valence-corrected chi connectivity index (χ0v) is 48.3. The lowest BCUT2D eigenvalue weighted by atomic mass is 10.1. The molecule has 0 N–H and O–H groups in total. The van der Waals surface area contributed by atoms with E-state index in [2.05, 4.69) is 50.3 Å². The van der Waals surface area contributed by atoms with Crippen LogP contribution in [0.15, 0.2) is 98.1 Å². The summed E-state index contributed by atoms with van der Waals surface area (Å²) in [6.45, 7) is 16.5. The van der Waals surface area contributed by atoms with Crippen LogP contribution < -0.4 is 9.47 Å². The molecule has 0 saturated heterocycles. The number of carbonyl (C=O) groups excluding carboxylic acids is 2. The Morgan fingerprint density at radius 2 is 0.875 bits per heavy atom. The first-order valence-corrected chi connectivity index (χ1v) is 28.7. The summed E-state index contributed by atoms with van der Waals surface area (Å²) in [6.07, 6.45) is 10.9. The molecular weight excluding hydrogens is 1060 g/mol. The van der Waals surface area contributed by atoms with Crippen LogP contribution in [-0.4, -0.2) is 126 Å². The molecule has 24 heteroatoms. The molecule has 0 spiro atoms. The number of ether oxygens (including phenoxy) is 4. The Balaban J connectivity index is 0.000000231. The van der Waals surface area contributed by atoms with Crippen molar-refractivity contribution in [3.05, 3.63) is 155 Å². The molecule has 420 valence electrons. The normalized spacial score (nSPS) is 13.2. The highest BCUT2D eigenvalue weighted by molar-refractivity contribution is 7.91. The summed E-state index contributed by atoms with van der Waals surface area (Å²) in [5, 5.41) is 15.2. The number of hydrogen-bond donors (Lipinski definition) is 0. The van der Waals surface area contributed by atoms with E-state index < -0.39 is 53.9 Å². The van der Waals surface area contributed by atoms with Crippen molar-refractivity contribution >= 4 is 31.2 Å². The lowest BCUT2D eigenvalue weighted by Gasteiger charge is -2.23. The number of pyridine rings is 2. The number of aromatic nitrogens is 12. The Hall–Kier alpha value is -8.06. The fourth-order valence-electron chi connectivity index (χ4n) is 8.54. The zero-order valence-electron chi connectivity index (χ0n) is 46.6. The smallest absolute Gasteiger partial charge is 0.170 e. The van der Waals surface area contributed by atoms with Gasteiger partial charge in [-0.25, -0.2) is 36.8 Å². The molecule has 0 bridgehead atoms. The molecule has 2 aromatic carbocycles. The van der Waals surface area contributed by atoms with Crippen LogP contribution in [0, 0.1) is 41.5 Å². The van der Waals surface area contributed by atoms with Crippen LogP contribution in [0.3, 0.4) is 0 Å². The Bertz CT molecular complexity index is 3480. The first-order chi connectivity index (χ1) is 38.0. The molecule has 0 radical (unpaired) electrons. The summed E-state index contributed by atoms with van der Waals surface area (Å²) < 4.78 is 81.8. The standard InChI is InChI=1S/2C28H32N6O5S/c2*1-17-10-22(14-29-11-17)28-33-32-24(34(28)25-19(3)8-7-9-23(25)38-6)16-40(36,37)21(5)26(39-15-20(4)35)27-30-12-18(2)13-31-27/h2*7-14,21,26H,15-16H2,1-6H3/t21-,26+;21-,26-/m01/s1. The lowest BCUT2D eigenvalue weighted by Crippen LogP contribution is -2.31. The van der Waals surface area contributed by atoms with Crippen molar-refractivity contribution in [1.82, 2.24) is 59.4 Å². The highest BCUT2D eigenvalue weighted by Crippen LogP contribution is 2.36. The summed E-state index contributed by atoms with van der Waals surface area (Å²) in [4.78, 5) is 49.1. The summed E-state index contributed by atoms with van der Waals surface area (Å²) in [5.41, 5.74) is 7.70. The summed E-state index contributed by atoms with van der Waals surface area (Å²) in [5.74, 6) is 1.21. The first-order valence-electron chi connectivity index (χ1n) is 25.3. The maximum Gasteiger partial charge on any atom is 0.170 e. The maximum atomic E-state index is 13.9. The zero-order chi connectivity index (χ0) is 58.1. The summed E-state index contributed by atoms with van der Waals surface area (Å²) >= 11 is 0. The van der Waals surface area contributed by atoms with Gasteiger partial charge in [-0.15, -0.1) is 20.4 Å². The molecule has 0 aliphatic heterocycles. The lowest BCUT2D eigenvalue weighted by molar-refractivity contribution is -0.124. The van der Waals surface area contributed by atoms with E-state index in [4.69, 9.17) is 18.9 Å². The summed E-state index contributed by atoms with van der Waals surface area (Å²) in [7, 11) is -4.81. The van der Waals surface area contributed by atoms with Gasteiger partial charge in [-0.05, 0) is 127 Å². The van der Waals surface area contributed by atoms with Gasteiger partial charge in [-0.2, -0.15) is 0 Å². The molecule has 0 amide bonds. The van der Waals surface area contributed by atoms with Gasteiger partial charge in [0.25, 0.3) is 0 Å². The van der Waals surface area contributed by atoms with E-state index in [1.807, 2.05) is 77.9 Å². The number of hydrogen-bond acceptors (Lipinski definition) is 20. The van der Waals surface area contributed by atoms with Crippen LogP contribution in [0.4, 0.5) is 0 Å². The van der Waals surface area contributed by atoms with Crippen LogP contribution in [0.1, 0.15) is 96.6 Å². The van der Waals surface area contributed by atoms with Crippen molar-refractivity contribution in [2.24, 2.45) is 0 Å². The van der Waals surface area contributed by atoms with E-state index in [9.17, 15) is 26.4 Å². The Morgan fingerprint density at radius 3 is 1.20 bits per heavy atom. The first kappa shape index (κ1) is 59.6. The fourth-order valence-corrected chi connectivity index (χ4v) is 11.3. The van der Waals surface area contributed by atoms with Gasteiger partial charge in [-0.1, -0.05) is 24.3 Å². The van der Waals surface area contributed by atoms with Gasteiger partial charge in [0.2, 0.25) is 0 Å². The van der Waals surface area contributed by atoms with Gasteiger partial charge < -0.3 is 18.9 Å². The van der Waals surface area contributed by atoms with Crippen molar-refractivity contribution < 1.29 is 45.4 Å². The van der Waals surface area contributed by atoms with E-state index in [0.717, 1.165) is 33.4 Å². The van der Waals surface area contributed by atoms with Gasteiger partial charge in [0.1, 0.15) is 48.4 Å². The topological polar surface area (TPSA) is 278 Å². The van der Waals surface area contributed by atoms with Crippen LogP contribution in [-0.2, 0) is 50.2 Å². The van der Waals surface area contributed by atoms with Crippen molar-refractivity contribution in [3.63, 3.8) is 0 Å². The number of sulfone groups is 2. The molecule has 6 aromatic heterocycles. The van der Waals surface area contributed by atoms with Crippen molar-refractivity contribution in [1.29, 1.82) is 0 Å². The molecular formula is C56H64N12O10S2.